The molecule has 3 N–H and O–H groups in total. The van der Waals surface area contributed by atoms with Crippen LogP contribution in [0.1, 0.15) is 53.9 Å². The van der Waals surface area contributed by atoms with Crippen LogP contribution in [0.5, 0.6) is 0 Å². The van der Waals surface area contributed by atoms with Crippen LogP contribution in [0, 0.1) is 0 Å². The lowest BCUT2D eigenvalue weighted by atomic mass is 9.81. The summed E-state index contributed by atoms with van der Waals surface area (Å²) >= 11 is 0. The lowest BCUT2D eigenvalue weighted by Crippen LogP contribution is -2.31. The summed E-state index contributed by atoms with van der Waals surface area (Å²) in [6, 6.07) is 58.4. The molecule has 256 valence electrons. The van der Waals surface area contributed by atoms with E-state index in [0.29, 0.717) is 0 Å². The first-order chi connectivity index (χ1) is 25.9. The van der Waals surface area contributed by atoms with E-state index < -0.39 is 0 Å². The molecule has 0 amide bonds. The molecule has 0 fully saturated rings. The van der Waals surface area contributed by atoms with Gasteiger partial charge in [-0.05, 0) is 96.7 Å². The first-order valence-electron chi connectivity index (χ1n) is 18.4. The minimum absolute atomic E-state index is 0.0713. The van der Waals surface area contributed by atoms with Gasteiger partial charge >= 0.3 is 0 Å². The van der Waals surface area contributed by atoms with Gasteiger partial charge in [-0.1, -0.05) is 159 Å². The van der Waals surface area contributed by atoms with Crippen molar-refractivity contribution in [1.82, 2.24) is 10.3 Å². The van der Waals surface area contributed by atoms with E-state index in [1.807, 2.05) is 36.5 Å². The highest BCUT2D eigenvalue weighted by atomic mass is 15.0. The minimum atomic E-state index is -0.344. The van der Waals surface area contributed by atoms with Crippen molar-refractivity contribution in [2.24, 2.45) is 5.73 Å². The van der Waals surface area contributed by atoms with Crippen LogP contribution in [0.2, 0.25) is 0 Å². The first-order valence-corrected chi connectivity index (χ1v) is 18.4. The topological polar surface area (TPSA) is 50.9 Å². The van der Waals surface area contributed by atoms with E-state index in [1.54, 1.807) is 0 Å². The largest absolute Gasteiger partial charge is 0.312 e. The van der Waals surface area contributed by atoms with Crippen LogP contribution in [0.25, 0.3) is 61.1 Å². The second-order valence-electron chi connectivity index (χ2n) is 14.7. The van der Waals surface area contributed by atoms with Crippen LogP contribution in [0.3, 0.4) is 0 Å². The molecule has 2 atom stereocenters. The number of aromatic nitrogens is 1. The average molecular weight is 684 g/mol. The molecule has 0 spiro atoms. The molecular weight excluding hydrogens is 643 g/mol. The highest BCUT2D eigenvalue weighted by Gasteiger charge is 2.37. The molecule has 0 radical (unpaired) electrons. The van der Waals surface area contributed by atoms with Crippen LogP contribution in [-0.2, 0) is 5.41 Å². The molecule has 3 nitrogen and oxygen atoms in total. The standard InChI is InChI=1S/C50H41N3/c1-50(2)44-20-11-19-42(48(44)43-30-37-14-6-7-15-38(37)31-45(43)50)34-25-22-33(23-26-34)24-27-47(53-49(51)35-12-4-3-5-13-35)40-18-10-17-36(28-40)41-29-39-16-8-9-21-46(39)52-32-41/h3-32,47,49,53H,51H2,1-2H3/b27-24+. The zero-order valence-corrected chi connectivity index (χ0v) is 30.0. The molecule has 53 heavy (non-hydrogen) atoms. The van der Waals surface area contributed by atoms with Gasteiger partial charge in [-0.2, -0.15) is 0 Å². The Kier molecular flexibility index (Phi) is 8.31. The lowest BCUT2D eigenvalue weighted by Gasteiger charge is -2.22. The van der Waals surface area contributed by atoms with Crippen molar-refractivity contribution in [3.05, 3.63) is 204 Å². The van der Waals surface area contributed by atoms with Crippen LogP contribution in [-0.4, -0.2) is 4.98 Å². The van der Waals surface area contributed by atoms with E-state index in [4.69, 9.17) is 10.7 Å². The van der Waals surface area contributed by atoms with E-state index in [2.05, 4.69) is 165 Å². The van der Waals surface area contributed by atoms with Gasteiger partial charge in [-0.15, -0.1) is 0 Å². The maximum absolute atomic E-state index is 6.77. The van der Waals surface area contributed by atoms with Crippen molar-refractivity contribution in [1.29, 1.82) is 0 Å². The third-order valence-electron chi connectivity index (χ3n) is 11.0. The predicted molar refractivity (Wildman–Crippen MR) is 222 cm³/mol. The quantitative estimate of drug-likeness (QED) is 0.157. The van der Waals surface area contributed by atoms with Crippen molar-refractivity contribution in [2.75, 3.05) is 0 Å². The number of hydrogen-bond acceptors (Lipinski definition) is 3. The SMILES string of the molecule is CC1(C)c2cc3ccccc3cc2-c2c(-c3ccc(/C=C/C(NC(N)c4ccccc4)c4cccc(-c5cnc6ccccc6c5)c4)cc3)cccc21. The van der Waals surface area contributed by atoms with Crippen LogP contribution in [0.4, 0.5) is 0 Å². The van der Waals surface area contributed by atoms with E-state index in [-0.39, 0.29) is 17.6 Å². The van der Waals surface area contributed by atoms with Gasteiger partial charge in [-0.3, -0.25) is 10.3 Å². The number of nitrogens with zero attached hydrogens (tertiary/aromatic N) is 1. The van der Waals surface area contributed by atoms with E-state index >= 15 is 0 Å². The number of nitrogens with one attached hydrogen (secondary N) is 1. The summed E-state index contributed by atoms with van der Waals surface area (Å²) in [7, 11) is 0. The smallest absolute Gasteiger partial charge is 0.0817 e. The highest BCUT2D eigenvalue weighted by molar-refractivity contribution is 5.98. The monoisotopic (exact) mass is 683 g/mol. The number of nitrogens with two attached hydrogens (primary N) is 1. The summed E-state index contributed by atoms with van der Waals surface area (Å²) in [6.45, 7) is 4.71. The number of hydrogen-bond donors (Lipinski definition) is 2. The fraction of sp³-hybridized carbons (Fsp3) is 0.100. The normalized spacial score (nSPS) is 14.3. The molecule has 0 saturated heterocycles. The van der Waals surface area contributed by atoms with Gasteiger partial charge in [0.05, 0.1) is 17.7 Å². The molecule has 1 aliphatic carbocycles. The minimum Gasteiger partial charge on any atom is -0.312 e. The van der Waals surface area contributed by atoms with Crippen molar-refractivity contribution in [3.63, 3.8) is 0 Å². The molecule has 2 unspecified atom stereocenters. The van der Waals surface area contributed by atoms with Crippen molar-refractivity contribution >= 4 is 27.8 Å². The summed E-state index contributed by atoms with van der Waals surface area (Å²) in [5.74, 6) is 0. The van der Waals surface area contributed by atoms with Gasteiger partial charge in [-0.25, -0.2) is 0 Å². The molecule has 0 bridgehead atoms. The zero-order valence-electron chi connectivity index (χ0n) is 30.0. The van der Waals surface area contributed by atoms with Crippen LogP contribution < -0.4 is 11.1 Å². The lowest BCUT2D eigenvalue weighted by molar-refractivity contribution is 0.509. The predicted octanol–water partition coefficient (Wildman–Crippen LogP) is 12.0. The second-order valence-corrected chi connectivity index (χ2v) is 14.7. The summed E-state index contributed by atoms with van der Waals surface area (Å²) < 4.78 is 0. The Morgan fingerprint density at radius 1 is 0.566 bits per heavy atom. The third kappa shape index (κ3) is 6.14. The Bertz CT molecular complexity index is 2640. The van der Waals surface area contributed by atoms with Crippen LogP contribution in [0.15, 0.2) is 176 Å². The first kappa shape index (κ1) is 32.8. The molecule has 1 heterocycles. The van der Waals surface area contributed by atoms with E-state index in [0.717, 1.165) is 38.7 Å². The number of benzene rings is 7. The maximum atomic E-state index is 6.77. The number of fused-ring (bicyclic) bond motifs is 5. The number of pyridine rings is 1. The molecule has 0 aliphatic heterocycles. The summed E-state index contributed by atoms with van der Waals surface area (Å²) in [5, 5.41) is 7.39. The van der Waals surface area contributed by atoms with Crippen molar-refractivity contribution < 1.29 is 0 Å². The van der Waals surface area contributed by atoms with Crippen LogP contribution >= 0.6 is 0 Å². The zero-order chi connectivity index (χ0) is 35.9. The van der Waals surface area contributed by atoms with Crippen molar-refractivity contribution in [3.8, 4) is 33.4 Å². The van der Waals surface area contributed by atoms with Gasteiger partial charge in [0.1, 0.15) is 0 Å². The summed E-state index contributed by atoms with van der Waals surface area (Å²) in [5.41, 5.74) is 21.2. The van der Waals surface area contributed by atoms with Gasteiger partial charge in [0, 0.05) is 22.6 Å². The molecule has 8 aromatic rings. The Balaban J connectivity index is 1.05. The molecule has 9 rings (SSSR count). The molecule has 1 aromatic heterocycles. The van der Waals surface area contributed by atoms with Gasteiger partial charge in [0.2, 0.25) is 0 Å². The third-order valence-corrected chi connectivity index (χ3v) is 11.0. The molecule has 1 aliphatic rings. The van der Waals surface area contributed by atoms with E-state index in [1.165, 1.54) is 44.2 Å². The fourth-order valence-electron chi connectivity index (χ4n) is 8.05. The summed E-state index contributed by atoms with van der Waals surface area (Å²) in [4.78, 5) is 4.72. The number of rotatable bonds is 8. The molecular formula is C50H41N3. The Hall–Kier alpha value is -6.13. The number of para-hydroxylation sites is 1. The van der Waals surface area contributed by atoms with Gasteiger partial charge < -0.3 is 5.73 Å². The molecule has 0 saturated carbocycles. The average Bonchev–Trinajstić information content (AvgIpc) is 3.44. The van der Waals surface area contributed by atoms with Gasteiger partial charge in [0.25, 0.3) is 0 Å². The second kappa shape index (κ2) is 13.4. The Labute approximate surface area is 311 Å². The molecule has 7 aromatic carbocycles. The fourth-order valence-corrected chi connectivity index (χ4v) is 8.05. The molecule has 3 heteroatoms. The van der Waals surface area contributed by atoms with Crippen molar-refractivity contribution in [2.45, 2.75) is 31.5 Å². The maximum Gasteiger partial charge on any atom is 0.0817 e. The highest BCUT2D eigenvalue weighted by Crippen LogP contribution is 2.53. The Morgan fingerprint density at radius 3 is 2.08 bits per heavy atom. The van der Waals surface area contributed by atoms with E-state index in [9.17, 15) is 0 Å². The Morgan fingerprint density at radius 2 is 1.26 bits per heavy atom. The summed E-state index contributed by atoms with van der Waals surface area (Å²) in [6.07, 6.45) is 6.04. The van der Waals surface area contributed by atoms with Gasteiger partial charge in [0.15, 0.2) is 0 Å².